The van der Waals surface area contributed by atoms with Gasteiger partial charge in [0.05, 0.1) is 0 Å². The number of hydrogen-bond donors (Lipinski definition) is 0. The zero-order valence-electron chi connectivity index (χ0n) is 8.77. The number of rotatable bonds is 2. The van der Waals surface area contributed by atoms with Gasteiger partial charge in [-0.15, -0.1) is 0 Å². The Morgan fingerprint density at radius 2 is 1.33 bits per heavy atom. The third kappa shape index (κ3) is 2.36. The zero-order valence-corrected chi connectivity index (χ0v) is 9.77. The van der Waals surface area contributed by atoms with Crippen molar-refractivity contribution in [3.8, 4) is 11.1 Å². The first-order valence-corrected chi connectivity index (χ1v) is 5.71. The van der Waals surface area contributed by atoms with Crippen molar-refractivity contribution >= 4 is 10.2 Å². The van der Waals surface area contributed by atoms with E-state index in [2.05, 4.69) is 65.7 Å². The van der Waals surface area contributed by atoms with Gasteiger partial charge in [0.2, 0.25) is 0 Å². The minimum Gasteiger partial charge on any atom is -0.0622 e. The van der Waals surface area contributed by atoms with Gasteiger partial charge in [0.1, 0.15) is 0 Å². The van der Waals surface area contributed by atoms with E-state index < -0.39 is 0 Å². The van der Waals surface area contributed by atoms with Crippen LogP contribution in [-0.2, 0) is 0 Å². The van der Waals surface area contributed by atoms with Crippen LogP contribution in [0.1, 0.15) is 18.0 Å². The van der Waals surface area contributed by atoms with E-state index in [1.165, 1.54) is 16.7 Å². The van der Waals surface area contributed by atoms with E-state index in [1.807, 2.05) is 6.07 Å². The van der Waals surface area contributed by atoms with Crippen molar-refractivity contribution < 1.29 is 0 Å². The van der Waals surface area contributed by atoms with Crippen LogP contribution in [0, 0.1) is 0 Å². The summed E-state index contributed by atoms with van der Waals surface area (Å²) < 4.78 is 0. The summed E-state index contributed by atoms with van der Waals surface area (Å²) in [7, 11) is 3.61. The van der Waals surface area contributed by atoms with Crippen LogP contribution >= 0.6 is 0 Å². The van der Waals surface area contributed by atoms with E-state index in [0.29, 0.717) is 5.54 Å². The Morgan fingerprint density at radius 1 is 0.800 bits per heavy atom. The van der Waals surface area contributed by atoms with Crippen LogP contribution in [0.2, 0.25) is 0 Å². The second kappa shape index (κ2) is 4.45. The fourth-order valence-corrected chi connectivity index (χ4v) is 1.79. The average Bonchev–Trinajstić information content (AvgIpc) is 2.30. The normalized spacial score (nSPS) is 12.4. The van der Waals surface area contributed by atoms with Gasteiger partial charge in [-0.25, -0.2) is 0 Å². The average molecular weight is 209 g/mol. The first-order chi connectivity index (χ1) is 7.27. The molecular weight excluding hydrogens is 196 g/mol. The molecule has 0 amide bonds. The van der Waals surface area contributed by atoms with Crippen LogP contribution in [0.15, 0.2) is 54.6 Å². The van der Waals surface area contributed by atoms with Crippen LogP contribution in [0.5, 0.6) is 0 Å². The highest BCUT2D eigenvalue weighted by atomic mass is 28.1. The molecule has 73 valence electrons. The van der Waals surface area contributed by atoms with E-state index in [1.54, 1.807) is 0 Å². The predicted molar refractivity (Wildman–Crippen MR) is 66.0 cm³/mol. The zero-order chi connectivity index (χ0) is 10.7. The van der Waals surface area contributed by atoms with E-state index >= 15 is 0 Å². The van der Waals surface area contributed by atoms with Crippen LogP contribution in [-0.4, -0.2) is 10.2 Å². The summed E-state index contributed by atoms with van der Waals surface area (Å²) in [6.45, 7) is 2.13. The fraction of sp³-hybridized carbons (Fsp3) is 0.143. The number of hydrogen-bond acceptors (Lipinski definition) is 0. The standard InChI is InChI=1S/C14H13Si/c1-11(15)12-7-9-14(10-8-12)13-5-3-2-4-6-13/h2-11H,1H3/t11-/m0/s1. The van der Waals surface area contributed by atoms with Crippen molar-refractivity contribution in [3.63, 3.8) is 0 Å². The highest BCUT2D eigenvalue weighted by Crippen LogP contribution is 2.21. The van der Waals surface area contributed by atoms with Gasteiger partial charge in [-0.05, 0) is 22.2 Å². The summed E-state index contributed by atoms with van der Waals surface area (Å²) >= 11 is 0. The van der Waals surface area contributed by atoms with Gasteiger partial charge >= 0.3 is 0 Å². The quantitative estimate of drug-likeness (QED) is 0.663. The molecule has 0 saturated heterocycles. The lowest BCUT2D eigenvalue weighted by atomic mass is 10.0. The van der Waals surface area contributed by atoms with Crippen molar-refractivity contribution in [1.29, 1.82) is 0 Å². The molecule has 0 fully saturated rings. The summed E-state index contributed by atoms with van der Waals surface area (Å²) in [5.74, 6) is 0. The Bertz CT molecular complexity index is 415. The second-order valence-corrected chi connectivity index (χ2v) is 4.58. The van der Waals surface area contributed by atoms with Gasteiger partial charge in [0.15, 0.2) is 0 Å². The molecule has 1 atom stereocenters. The Hall–Kier alpha value is -1.34. The first-order valence-electron chi connectivity index (χ1n) is 5.14. The lowest BCUT2D eigenvalue weighted by Crippen LogP contribution is -1.90. The van der Waals surface area contributed by atoms with Crippen molar-refractivity contribution in [3.05, 3.63) is 60.2 Å². The molecule has 0 bridgehead atoms. The van der Waals surface area contributed by atoms with E-state index in [4.69, 9.17) is 0 Å². The summed E-state index contributed by atoms with van der Waals surface area (Å²) in [6.07, 6.45) is 0. The molecule has 0 spiro atoms. The maximum Gasteiger partial charge on any atom is 0.0327 e. The maximum absolute atomic E-state index is 3.61. The Morgan fingerprint density at radius 3 is 1.87 bits per heavy atom. The predicted octanol–water partition coefficient (Wildman–Crippen LogP) is 3.58. The van der Waals surface area contributed by atoms with Gasteiger partial charge in [-0.1, -0.05) is 61.5 Å². The van der Waals surface area contributed by atoms with Gasteiger partial charge in [-0.3, -0.25) is 0 Å². The van der Waals surface area contributed by atoms with Gasteiger partial charge in [0.25, 0.3) is 0 Å². The topological polar surface area (TPSA) is 0 Å². The Labute approximate surface area is 94.4 Å². The van der Waals surface area contributed by atoms with Crippen molar-refractivity contribution in [1.82, 2.24) is 0 Å². The van der Waals surface area contributed by atoms with Crippen LogP contribution in [0.3, 0.4) is 0 Å². The largest absolute Gasteiger partial charge is 0.0622 e. The van der Waals surface area contributed by atoms with Crippen molar-refractivity contribution in [2.75, 3.05) is 0 Å². The van der Waals surface area contributed by atoms with Gasteiger partial charge in [-0.2, -0.15) is 0 Å². The monoisotopic (exact) mass is 209 g/mol. The highest BCUT2D eigenvalue weighted by Gasteiger charge is 1.99. The molecule has 2 aromatic rings. The molecule has 0 aromatic heterocycles. The molecule has 3 radical (unpaired) electrons. The van der Waals surface area contributed by atoms with Crippen LogP contribution in [0.4, 0.5) is 0 Å². The third-order valence-electron chi connectivity index (χ3n) is 2.52. The fourth-order valence-electron chi connectivity index (χ4n) is 1.59. The molecule has 0 aliphatic heterocycles. The molecule has 0 aliphatic rings. The molecule has 1 heteroatoms. The molecular formula is C14H13Si. The molecule has 0 N–H and O–H groups in total. The highest BCUT2D eigenvalue weighted by molar-refractivity contribution is 6.12. The first kappa shape index (κ1) is 10.2. The number of benzene rings is 2. The Kier molecular flexibility index (Phi) is 3.02. The Balaban J connectivity index is 2.32. The van der Waals surface area contributed by atoms with Crippen LogP contribution < -0.4 is 0 Å². The summed E-state index contributed by atoms with van der Waals surface area (Å²) in [4.78, 5) is 0. The summed E-state index contributed by atoms with van der Waals surface area (Å²) in [6, 6.07) is 19.1. The summed E-state index contributed by atoms with van der Waals surface area (Å²) in [5.41, 5.74) is 4.26. The molecule has 2 rings (SSSR count). The second-order valence-electron chi connectivity index (χ2n) is 3.71. The lowest BCUT2D eigenvalue weighted by molar-refractivity contribution is 1.08. The molecule has 0 nitrogen and oxygen atoms in total. The van der Waals surface area contributed by atoms with E-state index in [0.717, 1.165) is 0 Å². The summed E-state index contributed by atoms with van der Waals surface area (Å²) in [5, 5.41) is 0. The molecule has 0 unspecified atom stereocenters. The lowest BCUT2D eigenvalue weighted by Gasteiger charge is -2.06. The molecule has 2 aromatic carbocycles. The van der Waals surface area contributed by atoms with Gasteiger partial charge in [0, 0.05) is 10.2 Å². The molecule has 15 heavy (non-hydrogen) atoms. The molecule has 0 aliphatic carbocycles. The molecule has 0 saturated carbocycles. The maximum atomic E-state index is 3.61. The minimum absolute atomic E-state index is 0.412. The van der Waals surface area contributed by atoms with Gasteiger partial charge < -0.3 is 0 Å². The van der Waals surface area contributed by atoms with Crippen LogP contribution in [0.25, 0.3) is 11.1 Å². The minimum atomic E-state index is 0.412. The van der Waals surface area contributed by atoms with E-state index in [-0.39, 0.29) is 0 Å². The SMILES string of the molecule is C[C@H]([Si])c1ccc(-c2ccccc2)cc1. The van der Waals surface area contributed by atoms with Crippen molar-refractivity contribution in [2.24, 2.45) is 0 Å². The third-order valence-corrected chi connectivity index (χ3v) is 2.85. The van der Waals surface area contributed by atoms with Crippen molar-refractivity contribution in [2.45, 2.75) is 12.5 Å². The van der Waals surface area contributed by atoms with E-state index in [9.17, 15) is 0 Å². The molecule has 0 heterocycles. The smallest absolute Gasteiger partial charge is 0.0327 e.